The number of nitrogens with two attached hydrogens (primary N) is 2. The molecule has 6 nitrogen and oxygen atoms in total. The van der Waals surface area contributed by atoms with Crippen molar-refractivity contribution in [3.05, 3.63) is 41.1 Å². The van der Waals surface area contributed by atoms with Crippen molar-refractivity contribution >= 4 is 11.5 Å². The second kappa shape index (κ2) is 9.35. The minimum Gasteiger partial charge on any atom is -0.493 e. The van der Waals surface area contributed by atoms with Gasteiger partial charge in [0.2, 0.25) is 0 Å². The fourth-order valence-electron chi connectivity index (χ4n) is 4.03. The average molecular weight is 399 g/mol. The summed E-state index contributed by atoms with van der Waals surface area (Å²) in [5.41, 5.74) is 16.4. The monoisotopic (exact) mass is 398 g/mol. The van der Waals surface area contributed by atoms with Gasteiger partial charge in [-0.15, -0.1) is 0 Å². The van der Waals surface area contributed by atoms with Crippen LogP contribution in [0.1, 0.15) is 49.3 Å². The van der Waals surface area contributed by atoms with Crippen LogP contribution in [0.3, 0.4) is 0 Å². The number of piperidine rings is 1. The van der Waals surface area contributed by atoms with E-state index in [0.29, 0.717) is 24.3 Å². The van der Waals surface area contributed by atoms with Crippen LogP contribution in [0.5, 0.6) is 11.5 Å². The lowest BCUT2D eigenvalue weighted by atomic mass is 9.86. The summed E-state index contributed by atoms with van der Waals surface area (Å²) in [6, 6.07) is 6.24. The van der Waals surface area contributed by atoms with Crippen molar-refractivity contribution in [1.82, 2.24) is 9.88 Å². The second-order valence-corrected chi connectivity index (χ2v) is 8.38. The van der Waals surface area contributed by atoms with E-state index in [1.54, 1.807) is 13.3 Å². The molecule has 0 amide bonds. The topological polar surface area (TPSA) is 86.6 Å². The summed E-state index contributed by atoms with van der Waals surface area (Å²) in [7, 11) is 1.68. The highest BCUT2D eigenvalue weighted by Gasteiger charge is 2.24. The number of aromatic nitrogens is 1. The molecule has 0 bridgehead atoms. The summed E-state index contributed by atoms with van der Waals surface area (Å²) in [4.78, 5) is 6.66. The van der Waals surface area contributed by atoms with Gasteiger partial charge in [0, 0.05) is 6.54 Å². The second-order valence-electron chi connectivity index (χ2n) is 8.38. The van der Waals surface area contributed by atoms with E-state index < -0.39 is 0 Å². The average Bonchev–Trinajstić information content (AvgIpc) is 2.71. The quantitative estimate of drug-likeness (QED) is 0.734. The Morgan fingerprint density at radius 1 is 1.17 bits per heavy atom. The van der Waals surface area contributed by atoms with Crippen LogP contribution in [0.15, 0.2) is 24.4 Å². The molecule has 0 radical (unpaired) electrons. The van der Waals surface area contributed by atoms with E-state index in [-0.39, 0.29) is 0 Å². The van der Waals surface area contributed by atoms with Crippen molar-refractivity contribution in [1.29, 1.82) is 0 Å². The minimum absolute atomic E-state index is 0.442. The first-order chi connectivity index (χ1) is 13.9. The molecule has 1 aliphatic heterocycles. The van der Waals surface area contributed by atoms with Gasteiger partial charge in [-0.3, -0.25) is 4.90 Å². The number of methoxy groups -OCH3 is 1. The lowest BCUT2D eigenvalue weighted by Gasteiger charge is -2.33. The van der Waals surface area contributed by atoms with Gasteiger partial charge in [-0.2, -0.15) is 0 Å². The molecule has 1 aromatic carbocycles. The smallest absolute Gasteiger partial charge is 0.161 e. The van der Waals surface area contributed by atoms with Crippen LogP contribution in [0, 0.1) is 12.8 Å². The maximum atomic E-state index is 6.22. The summed E-state index contributed by atoms with van der Waals surface area (Å²) in [6.45, 7) is 9.95. The summed E-state index contributed by atoms with van der Waals surface area (Å²) in [6.07, 6.45) is 3.84. The third-order valence-electron chi connectivity index (χ3n) is 5.64. The molecule has 0 unspecified atom stereocenters. The number of ether oxygens (including phenoxy) is 2. The van der Waals surface area contributed by atoms with E-state index in [1.165, 1.54) is 11.1 Å². The third kappa shape index (κ3) is 5.12. The van der Waals surface area contributed by atoms with Crippen molar-refractivity contribution in [3.63, 3.8) is 0 Å². The fraction of sp³-hybridized carbons (Fsp3) is 0.522. The molecule has 0 saturated carbocycles. The lowest BCUT2D eigenvalue weighted by Crippen LogP contribution is -2.33. The standard InChI is InChI=1S/C23H34N4O2/c1-15(2)14-29-21-11-17(5-6-20(21)28-4)13-27-9-7-18(8-10-27)22-16(3)23(25)26-12-19(22)24/h5-6,11-12,15,18H,7-10,13-14,24H2,1-4H3,(H2,25,26). The first kappa shape index (κ1) is 21.2. The zero-order valence-electron chi connectivity index (χ0n) is 18.1. The molecule has 1 aromatic heterocycles. The first-order valence-electron chi connectivity index (χ1n) is 10.4. The van der Waals surface area contributed by atoms with Gasteiger partial charge in [0.1, 0.15) is 5.82 Å². The third-order valence-corrected chi connectivity index (χ3v) is 5.64. The lowest BCUT2D eigenvalue weighted by molar-refractivity contribution is 0.204. The Labute approximate surface area is 174 Å². The number of hydrogen-bond donors (Lipinski definition) is 2. The van der Waals surface area contributed by atoms with Crippen LogP contribution >= 0.6 is 0 Å². The van der Waals surface area contributed by atoms with Gasteiger partial charge >= 0.3 is 0 Å². The molecule has 1 aliphatic rings. The Hall–Kier alpha value is -2.47. The molecule has 0 aliphatic carbocycles. The van der Waals surface area contributed by atoms with Crippen molar-refractivity contribution in [2.45, 2.75) is 46.1 Å². The molecule has 158 valence electrons. The summed E-state index contributed by atoms with van der Waals surface area (Å²) >= 11 is 0. The van der Waals surface area contributed by atoms with Crippen molar-refractivity contribution in [2.75, 3.05) is 38.3 Å². The Morgan fingerprint density at radius 2 is 1.90 bits per heavy atom. The highest BCUT2D eigenvalue weighted by Crippen LogP contribution is 2.36. The Kier molecular flexibility index (Phi) is 6.85. The summed E-state index contributed by atoms with van der Waals surface area (Å²) in [5, 5.41) is 0. The van der Waals surface area contributed by atoms with Gasteiger partial charge in [0.25, 0.3) is 0 Å². The molecule has 2 aromatic rings. The zero-order chi connectivity index (χ0) is 21.0. The van der Waals surface area contributed by atoms with Gasteiger partial charge in [0.05, 0.1) is 25.6 Å². The molecule has 4 N–H and O–H groups in total. The number of likely N-dealkylation sites (tertiary alicyclic amines) is 1. The van der Waals surface area contributed by atoms with E-state index in [1.807, 2.05) is 13.0 Å². The number of nitrogen functional groups attached to an aromatic ring is 2. The van der Waals surface area contributed by atoms with E-state index >= 15 is 0 Å². The molecule has 0 spiro atoms. The molecule has 29 heavy (non-hydrogen) atoms. The van der Waals surface area contributed by atoms with Gasteiger partial charge in [-0.1, -0.05) is 19.9 Å². The highest BCUT2D eigenvalue weighted by molar-refractivity contribution is 5.58. The van der Waals surface area contributed by atoms with Crippen molar-refractivity contribution < 1.29 is 9.47 Å². The number of anilines is 2. The highest BCUT2D eigenvalue weighted by atomic mass is 16.5. The predicted octanol–water partition coefficient (Wildman–Crippen LogP) is 3.98. The minimum atomic E-state index is 0.442. The normalized spacial score (nSPS) is 15.6. The Bertz CT molecular complexity index is 830. The molecule has 6 heteroatoms. The van der Waals surface area contributed by atoms with Gasteiger partial charge < -0.3 is 20.9 Å². The number of benzene rings is 1. The summed E-state index contributed by atoms with van der Waals surface area (Å²) < 4.78 is 11.4. The SMILES string of the molecule is COc1ccc(CN2CCC(c3c(N)cnc(N)c3C)CC2)cc1OCC(C)C. The molecule has 0 atom stereocenters. The largest absolute Gasteiger partial charge is 0.493 e. The van der Waals surface area contributed by atoms with E-state index in [4.69, 9.17) is 20.9 Å². The van der Waals surface area contributed by atoms with Crippen molar-refractivity contribution in [3.8, 4) is 11.5 Å². The van der Waals surface area contributed by atoms with Gasteiger partial charge in [-0.25, -0.2) is 4.98 Å². The fourth-order valence-corrected chi connectivity index (χ4v) is 4.03. The summed E-state index contributed by atoms with van der Waals surface area (Å²) in [5.74, 6) is 3.11. The van der Waals surface area contributed by atoms with Crippen LogP contribution in [0.4, 0.5) is 11.5 Å². The zero-order valence-corrected chi connectivity index (χ0v) is 18.1. The van der Waals surface area contributed by atoms with E-state index in [9.17, 15) is 0 Å². The van der Waals surface area contributed by atoms with Crippen LogP contribution in [-0.4, -0.2) is 36.7 Å². The molecular formula is C23H34N4O2. The van der Waals surface area contributed by atoms with Crippen molar-refractivity contribution in [2.24, 2.45) is 5.92 Å². The predicted molar refractivity (Wildman–Crippen MR) is 118 cm³/mol. The van der Waals surface area contributed by atoms with Crippen LogP contribution in [-0.2, 0) is 6.54 Å². The molecule has 2 heterocycles. The molecule has 1 fully saturated rings. The van der Waals surface area contributed by atoms with E-state index in [2.05, 4.69) is 35.9 Å². The number of pyridine rings is 1. The number of nitrogens with zero attached hydrogens (tertiary/aromatic N) is 2. The maximum Gasteiger partial charge on any atom is 0.161 e. The molecular weight excluding hydrogens is 364 g/mol. The Balaban J connectivity index is 1.64. The van der Waals surface area contributed by atoms with Crippen LogP contribution < -0.4 is 20.9 Å². The number of hydrogen-bond acceptors (Lipinski definition) is 6. The molecule has 1 saturated heterocycles. The van der Waals surface area contributed by atoms with Crippen LogP contribution in [0.25, 0.3) is 0 Å². The van der Waals surface area contributed by atoms with E-state index in [0.717, 1.165) is 55.2 Å². The van der Waals surface area contributed by atoms with Gasteiger partial charge in [0.15, 0.2) is 11.5 Å². The molecule has 3 rings (SSSR count). The first-order valence-corrected chi connectivity index (χ1v) is 10.4. The maximum absolute atomic E-state index is 6.22. The number of rotatable bonds is 7. The Morgan fingerprint density at radius 3 is 2.55 bits per heavy atom. The van der Waals surface area contributed by atoms with Gasteiger partial charge in [-0.05, 0) is 73.5 Å². The van der Waals surface area contributed by atoms with Crippen LogP contribution in [0.2, 0.25) is 0 Å².